The summed E-state index contributed by atoms with van der Waals surface area (Å²) in [5.41, 5.74) is 1.05. The van der Waals surface area contributed by atoms with Crippen molar-refractivity contribution in [2.75, 3.05) is 31.6 Å². The summed E-state index contributed by atoms with van der Waals surface area (Å²) < 4.78 is 32.1. The summed E-state index contributed by atoms with van der Waals surface area (Å²) in [6, 6.07) is 11.5. The van der Waals surface area contributed by atoms with E-state index in [0.717, 1.165) is 17.4 Å². The molecule has 0 bridgehead atoms. The summed E-state index contributed by atoms with van der Waals surface area (Å²) in [6.07, 6.45) is 0. The molecule has 0 radical (unpaired) electrons. The Morgan fingerprint density at radius 3 is 2.17 bits per heavy atom. The molecule has 0 aliphatic carbocycles. The van der Waals surface area contributed by atoms with Gasteiger partial charge in [-0.25, -0.2) is 8.42 Å². The largest absolute Gasteiger partial charge is 0.494 e. The second-order valence-corrected chi connectivity index (χ2v) is 8.37. The lowest BCUT2D eigenvalue weighted by Gasteiger charge is -2.21. The smallest absolute Gasteiger partial charge is 0.293 e. The van der Waals surface area contributed by atoms with Crippen LogP contribution in [-0.4, -0.2) is 44.4 Å². The summed E-state index contributed by atoms with van der Waals surface area (Å²) in [4.78, 5) is 12.7. The molecule has 2 aromatic rings. The van der Waals surface area contributed by atoms with Gasteiger partial charge in [-0.05, 0) is 36.8 Å². The zero-order chi connectivity index (χ0) is 21.6. The maximum absolute atomic E-state index is 12.7. The molecule has 0 fully saturated rings. The zero-order valence-corrected chi connectivity index (χ0v) is 18.0. The van der Waals surface area contributed by atoms with Crippen LogP contribution in [0.5, 0.6) is 5.75 Å². The highest BCUT2D eigenvalue weighted by Gasteiger charge is 2.26. The number of hydrogen-bond acceptors (Lipinski definition) is 6. The van der Waals surface area contributed by atoms with E-state index in [2.05, 4.69) is 0 Å². The first kappa shape index (κ1) is 22.6. The first-order valence-corrected chi connectivity index (χ1v) is 10.9. The number of rotatable bonds is 10. The number of benzene rings is 2. The van der Waals surface area contributed by atoms with Crippen LogP contribution in [0.15, 0.2) is 47.4 Å². The van der Waals surface area contributed by atoms with Crippen molar-refractivity contribution < 1.29 is 18.1 Å². The Balaban J connectivity index is 2.33. The molecule has 0 atom stereocenters. The van der Waals surface area contributed by atoms with Gasteiger partial charge >= 0.3 is 0 Å². The lowest BCUT2D eigenvalue weighted by Crippen LogP contribution is -2.30. The van der Waals surface area contributed by atoms with E-state index in [1.54, 1.807) is 25.8 Å². The predicted octanol–water partition coefficient (Wildman–Crippen LogP) is 3.66. The summed E-state index contributed by atoms with van der Waals surface area (Å²) in [5, 5.41) is 11.6. The molecule has 0 saturated carbocycles. The highest BCUT2D eigenvalue weighted by molar-refractivity contribution is 7.89. The lowest BCUT2D eigenvalue weighted by molar-refractivity contribution is -0.384. The highest BCUT2D eigenvalue weighted by Crippen LogP contribution is 2.32. The highest BCUT2D eigenvalue weighted by atomic mass is 32.2. The minimum atomic E-state index is -3.77. The standard InChI is InChI=1S/C20H27N3O5S/c1-5-22(6-2)29(26,27)18-12-13-19(20(14-18)23(24)25)21(4)15-16-8-10-17(11-9-16)28-7-3/h8-14H,5-7,15H2,1-4H3. The van der Waals surface area contributed by atoms with Gasteiger partial charge in [-0.1, -0.05) is 26.0 Å². The lowest BCUT2D eigenvalue weighted by atomic mass is 10.2. The van der Waals surface area contributed by atoms with Crippen molar-refractivity contribution in [3.63, 3.8) is 0 Å². The summed E-state index contributed by atoms with van der Waals surface area (Å²) in [6.45, 7) is 6.97. The van der Waals surface area contributed by atoms with Crippen molar-refractivity contribution in [2.45, 2.75) is 32.2 Å². The number of hydrogen-bond donors (Lipinski definition) is 0. The fourth-order valence-electron chi connectivity index (χ4n) is 3.06. The van der Waals surface area contributed by atoms with Gasteiger partial charge in [0.15, 0.2) is 0 Å². The number of anilines is 1. The van der Waals surface area contributed by atoms with Gasteiger partial charge in [0.05, 0.1) is 16.4 Å². The van der Waals surface area contributed by atoms with E-state index in [1.807, 2.05) is 31.2 Å². The van der Waals surface area contributed by atoms with E-state index in [9.17, 15) is 18.5 Å². The van der Waals surface area contributed by atoms with Gasteiger partial charge in [0.25, 0.3) is 5.69 Å². The fourth-order valence-corrected chi connectivity index (χ4v) is 4.54. The van der Waals surface area contributed by atoms with Gasteiger partial charge in [-0.3, -0.25) is 10.1 Å². The quantitative estimate of drug-likeness (QED) is 0.429. The maximum atomic E-state index is 12.7. The first-order chi connectivity index (χ1) is 13.7. The van der Waals surface area contributed by atoms with Gasteiger partial charge < -0.3 is 9.64 Å². The molecule has 9 heteroatoms. The Morgan fingerprint density at radius 2 is 1.66 bits per heavy atom. The molecule has 0 aliphatic rings. The van der Waals surface area contributed by atoms with Crippen LogP contribution in [0.25, 0.3) is 0 Å². The van der Waals surface area contributed by atoms with Crippen molar-refractivity contribution in [3.05, 3.63) is 58.1 Å². The van der Waals surface area contributed by atoms with Crippen molar-refractivity contribution in [3.8, 4) is 5.75 Å². The molecule has 29 heavy (non-hydrogen) atoms. The van der Waals surface area contributed by atoms with E-state index in [1.165, 1.54) is 16.4 Å². The second kappa shape index (κ2) is 9.71. The van der Waals surface area contributed by atoms with Crippen molar-refractivity contribution in [1.82, 2.24) is 4.31 Å². The number of nitro benzene ring substituents is 1. The van der Waals surface area contributed by atoms with Crippen LogP contribution in [0.2, 0.25) is 0 Å². The third-order valence-corrected chi connectivity index (χ3v) is 6.60. The van der Waals surface area contributed by atoms with Crippen LogP contribution in [0, 0.1) is 10.1 Å². The van der Waals surface area contributed by atoms with Gasteiger partial charge in [0.1, 0.15) is 11.4 Å². The van der Waals surface area contributed by atoms with E-state index >= 15 is 0 Å². The molecule has 158 valence electrons. The van der Waals surface area contributed by atoms with E-state index in [4.69, 9.17) is 4.74 Å². The van der Waals surface area contributed by atoms with E-state index in [-0.39, 0.29) is 10.6 Å². The Labute approximate surface area is 171 Å². The molecule has 0 unspecified atom stereocenters. The minimum Gasteiger partial charge on any atom is -0.494 e. The molecule has 0 saturated heterocycles. The van der Waals surface area contributed by atoms with Crippen LogP contribution in [-0.2, 0) is 16.6 Å². The fraction of sp³-hybridized carbons (Fsp3) is 0.400. The topological polar surface area (TPSA) is 93.0 Å². The average Bonchev–Trinajstić information content (AvgIpc) is 2.69. The molecule has 0 spiro atoms. The average molecular weight is 422 g/mol. The van der Waals surface area contributed by atoms with E-state index < -0.39 is 14.9 Å². The number of sulfonamides is 1. The predicted molar refractivity (Wildman–Crippen MR) is 113 cm³/mol. The van der Waals surface area contributed by atoms with Gasteiger partial charge in [0.2, 0.25) is 10.0 Å². The van der Waals surface area contributed by atoms with Gasteiger partial charge in [-0.2, -0.15) is 4.31 Å². The number of nitro groups is 1. The SMILES string of the molecule is CCOc1ccc(CN(C)c2ccc(S(=O)(=O)N(CC)CC)cc2[N+](=O)[O-])cc1. The number of ether oxygens (including phenoxy) is 1. The van der Waals surface area contributed by atoms with Gasteiger partial charge in [-0.15, -0.1) is 0 Å². The molecular weight excluding hydrogens is 394 g/mol. The Kier molecular flexibility index (Phi) is 7.58. The molecule has 2 rings (SSSR count). The van der Waals surface area contributed by atoms with Gasteiger partial charge in [0, 0.05) is 32.7 Å². The Morgan fingerprint density at radius 1 is 1.03 bits per heavy atom. The number of nitrogens with zero attached hydrogens (tertiary/aromatic N) is 3. The molecule has 8 nitrogen and oxygen atoms in total. The molecular formula is C20H27N3O5S. The molecule has 0 aromatic heterocycles. The normalized spacial score (nSPS) is 11.5. The first-order valence-electron chi connectivity index (χ1n) is 9.46. The van der Waals surface area contributed by atoms with Crippen LogP contribution >= 0.6 is 0 Å². The van der Waals surface area contributed by atoms with Crippen LogP contribution in [0.4, 0.5) is 11.4 Å². The summed E-state index contributed by atoms with van der Waals surface area (Å²) >= 11 is 0. The van der Waals surface area contributed by atoms with Crippen molar-refractivity contribution in [2.24, 2.45) is 0 Å². The molecule has 0 N–H and O–H groups in total. The molecule has 2 aromatic carbocycles. The van der Waals surface area contributed by atoms with Crippen LogP contribution < -0.4 is 9.64 Å². The third-order valence-electron chi connectivity index (χ3n) is 4.55. The van der Waals surface area contributed by atoms with Crippen LogP contribution in [0.3, 0.4) is 0 Å². The third kappa shape index (κ3) is 5.24. The minimum absolute atomic E-state index is 0.0777. The van der Waals surface area contributed by atoms with Crippen molar-refractivity contribution >= 4 is 21.4 Å². The Hall–Kier alpha value is -2.65. The van der Waals surface area contributed by atoms with Crippen molar-refractivity contribution in [1.29, 1.82) is 0 Å². The summed E-state index contributed by atoms with van der Waals surface area (Å²) in [5.74, 6) is 0.760. The zero-order valence-electron chi connectivity index (χ0n) is 17.2. The maximum Gasteiger partial charge on any atom is 0.293 e. The molecule has 0 amide bonds. The Bertz CT molecular complexity index is 941. The van der Waals surface area contributed by atoms with E-state index in [0.29, 0.717) is 31.9 Å². The monoisotopic (exact) mass is 421 g/mol. The van der Waals surface area contributed by atoms with Crippen LogP contribution in [0.1, 0.15) is 26.3 Å². The molecule has 0 aliphatic heterocycles. The second-order valence-electron chi connectivity index (χ2n) is 6.43. The molecule has 0 heterocycles. The summed E-state index contributed by atoms with van der Waals surface area (Å²) in [7, 11) is -2.04.